The summed E-state index contributed by atoms with van der Waals surface area (Å²) in [6.07, 6.45) is 22.4. The molecular formula is C31H49CuNO4. The Morgan fingerprint density at radius 1 is 0.784 bits per heavy atom. The molecule has 5 nitrogen and oxygen atoms in total. The molecule has 0 aliphatic carbocycles. The van der Waals surface area contributed by atoms with E-state index in [-0.39, 0.29) is 35.1 Å². The molecule has 0 fully saturated rings. The van der Waals surface area contributed by atoms with Gasteiger partial charge < -0.3 is 14.6 Å². The molecule has 0 atom stereocenters. The van der Waals surface area contributed by atoms with Crippen LogP contribution in [0.5, 0.6) is 5.75 Å². The van der Waals surface area contributed by atoms with E-state index in [1.54, 1.807) is 0 Å². The van der Waals surface area contributed by atoms with Gasteiger partial charge in [-0.2, -0.15) is 0 Å². The minimum Gasteiger partial charge on any atom is -0.523 e. The van der Waals surface area contributed by atoms with Gasteiger partial charge in [-0.3, -0.25) is 4.79 Å². The molecule has 0 amide bonds. The number of carbonyl (C=O) groups is 1. The molecule has 1 aromatic rings. The van der Waals surface area contributed by atoms with Crippen molar-refractivity contribution in [3.8, 4) is 5.75 Å². The van der Waals surface area contributed by atoms with E-state index in [0.717, 1.165) is 24.3 Å². The summed E-state index contributed by atoms with van der Waals surface area (Å²) in [6.45, 7) is 11.4. The van der Waals surface area contributed by atoms with Crippen molar-refractivity contribution in [2.75, 3.05) is 13.2 Å². The third-order valence-corrected chi connectivity index (χ3v) is 6.46. The largest absolute Gasteiger partial charge is 0.523 e. The summed E-state index contributed by atoms with van der Waals surface area (Å²) < 4.78 is 10.9. The second-order valence-electron chi connectivity index (χ2n) is 9.73. The van der Waals surface area contributed by atoms with Crippen molar-refractivity contribution in [1.82, 2.24) is 0 Å². The Balaban J connectivity index is 0.0000130. The third kappa shape index (κ3) is 18.9. The Kier molecular flexibility index (Phi) is 23.1. The Bertz CT molecular complexity index is 766. The number of nitrogens with zero attached hydrogens (tertiary/aromatic N) is 1. The van der Waals surface area contributed by atoms with Crippen LogP contribution in [-0.4, -0.2) is 24.3 Å². The molecule has 0 saturated heterocycles. The molecule has 0 aromatic heterocycles. The molecule has 0 spiro atoms. The number of allylic oxidation sites excluding steroid dienone is 1. The molecule has 1 rings (SSSR count). The molecule has 213 valence electrons. The smallest absolute Gasteiger partial charge is 0.339 e. The second kappa shape index (κ2) is 24.4. The van der Waals surface area contributed by atoms with Gasteiger partial charge in [0.25, 0.3) is 0 Å². The molecule has 0 aliphatic rings. The number of unbranched alkanes of at least 4 members (excludes halogenated alkanes) is 15. The predicted molar refractivity (Wildman–Crippen MR) is 148 cm³/mol. The predicted octanol–water partition coefficient (Wildman–Crippen LogP) is 9.12. The fourth-order valence-corrected chi connectivity index (χ4v) is 4.20. The molecule has 0 saturated carbocycles. The summed E-state index contributed by atoms with van der Waals surface area (Å²) >= 11 is 0. The number of aliphatic hydroxyl groups excluding tert-OH is 1. The van der Waals surface area contributed by atoms with Crippen LogP contribution in [0.15, 0.2) is 35.7 Å². The van der Waals surface area contributed by atoms with Crippen molar-refractivity contribution < 1.29 is 36.4 Å². The molecule has 6 heteroatoms. The summed E-state index contributed by atoms with van der Waals surface area (Å²) in [5, 5.41) is 9.30. The molecule has 1 radical (unpaired) electrons. The molecular weight excluding hydrogens is 514 g/mol. The summed E-state index contributed by atoms with van der Waals surface area (Å²) in [4.78, 5) is 14.7. The first-order valence-electron chi connectivity index (χ1n) is 14.2. The van der Waals surface area contributed by atoms with Gasteiger partial charge in [0, 0.05) is 23.5 Å². The van der Waals surface area contributed by atoms with Crippen LogP contribution in [0.3, 0.4) is 0 Å². The van der Waals surface area contributed by atoms with E-state index in [1.165, 1.54) is 103 Å². The summed E-state index contributed by atoms with van der Waals surface area (Å²) in [5.74, 6) is -0.254. The Hall–Kier alpha value is -1.96. The Labute approximate surface area is 236 Å². The van der Waals surface area contributed by atoms with Gasteiger partial charge in [0.1, 0.15) is 11.5 Å². The van der Waals surface area contributed by atoms with E-state index in [4.69, 9.17) is 16.0 Å². The van der Waals surface area contributed by atoms with Crippen molar-refractivity contribution in [3.63, 3.8) is 0 Å². The standard InChI is InChI=1S/C31H49NO4.Cu/c1-4-5-6-7-8-9-10-11-12-13-14-15-16-17-18-19-25-35-29-22-20-28(21-23-29)24-26-36-31(34)30(32-3)27(2)33;/h20-23,33H,4-19,24-26H2,1-2H3;/b30-27+;. The van der Waals surface area contributed by atoms with Crippen LogP contribution in [0, 0.1) is 6.57 Å². The zero-order valence-corrected chi connectivity index (χ0v) is 24.1. The van der Waals surface area contributed by atoms with E-state index >= 15 is 0 Å². The molecule has 1 aromatic carbocycles. The van der Waals surface area contributed by atoms with E-state index < -0.39 is 5.97 Å². The number of hydrogen-bond acceptors (Lipinski definition) is 4. The van der Waals surface area contributed by atoms with Crippen LogP contribution < -0.4 is 4.74 Å². The Morgan fingerprint density at radius 2 is 1.24 bits per heavy atom. The van der Waals surface area contributed by atoms with Gasteiger partial charge in [0.05, 0.1) is 19.8 Å². The van der Waals surface area contributed by atoms with Crippen LogP contribution in [0.25, 0.3) is 4.85 Å². The van der Waals surface area contributed by atoms with Crippen molar-refractivity contribution in [1.29, 1.82) is 0 Å². The first kappa shape index (κ1) is 35.0. The molecule has 1 N–H and O–H groups in total. The minimum absolute atomic E-state index is 0. The van der Waals surface area contributed by atoms with Crippen LogP contribution in [0.4, 0.5) is 0 Å². The number of esters is 1. The molecule has 37 heavy (non-hydrogen) atoms. The van der Waals surface area contributed by atoms with Crippen LogP contribution in [-0.2, 0) is 33.0 Å². The average Bonchev–Trinajstić information content (AvgIpc) is 2.87. The van der Waals surface area contributed by atoms with Crippen LogP contribution in [0.2, 0.25) is 0 Å². The van der Waals surface area contributed by atoms with Gasteiger partial charge in [-0.15, -0.1) is 0 Å². The van der Waals surface area contributed by atoms with E-state index in [2.05, 4.69) is 11.8 Å². The SMILES string of the molecule is [C-]#[N+]/C(C(=O)OCCc1ccc(OCCCCCCCCCCCCCCCCCC)cc1)=C(\C)O.[Cu]. The molecule has 0 bridgehead atoms. The molecule has 0 heterocycles. The maximum absolute atomic E-state index is 11.7. The summed E-state index contributed by atoms with van der Waals surface area (Å²) in [6, 6.07) is 7.79. The van der Waals surface area contributed by atoms with Gasteiger partial charge in [-0.05, 0) is 31.0 Å². The summed E-state index contributed by atoms with van der Waals surface area (Å²) in [5.41, 5.74) is 0.652. The topological polar surface area (TPSA) is 60.1 Å². The van der Waals surface area contributed by atoms with Crippen LogP contribution >= 0.6 is 0 Å². The molecule has 0 unspecified atom stereocenters. The zero-order chi connectivity index (χ0) is 26.3. The van der Waals surface area contributed by atoms with Gasteiger partial charge in [-0.25, -0.2) is 4.85 Å². The van der Waals surface area contributed by atoms with Crippen molar-refractivity contribution in [2.45, 2.75) is 123 Å². The van der Waals surface area contributed by atoms with Crippen molar-refractivity contribution >= 4 is 5.97 Å². The van der Waals surface area contributed by atoms with E-state index in [9.17, 15) is 9.90 Å². The van der Waals surface area contributed by atoms with Gasteiger partial charge in [0.2, 0.25) is 0 Å². The minimum atomic E-state index is -0.788. The van der Waals surface area contributed by atoms with E-state index in [1.807, 2.05) is 24.3 Å². The summed E-state index contributed by atoms with van der Waals surface area (Å²) in [7, 11) is 0. The number of aliphatic hydroxyl groups is 1. The van der Waals surface area contributed by atoms with Crippen LogP contribution in [0.1, 0.15) is 122 Å². The Morgan fingerprint density at radius 3 is 1.68 bits per heavy atom. The van der Waals surface area contributed by atoms with Crippen molar-refractivity contribution in [3.05, 3.63) is 52.7 Å². The number of rotatable bonds is 22. The maximum Gasteiger partial charge on any atom is 0.339 e. The van der Waals surface area contributed by atoms with E-state index in [0.29, 0.717) is 6.42 Å². The van der Waals surface area contributed by atoms with Gasteiger partial charge in [-0.1, -0.05) is 115 Å². The third-order valence-electron chi connectivity index (χ3n) is 6.46. The fourth-order valence-electron chi connectivity index (χ4n) is 4.20. The monoisotopic (exact) mass is 562 g/mol. The second-order valence-corrected chi connectivity index (χ2v) is 9.73. The number of carbonyl (C=O) groups excluding carboxylic acids is 1. The zero-order valence-electron chi connectivity index (χ0n) is 23.2. The van der Waals surface area contributed by atoms with Gasteiger partial charge in [0.15, 0.2) is 0 Å². The first-order chi connectivity index (χ1) is 17.6. The first-order valence-corrected chi connectivity index (χ1v) is 14.2. The van der Waals surface area contributed by atoms with Crippen molar-refractivity contribution in [2.24, 2.45) is 0 Å². The van der Waals surface area contributed by atoms with Gasteiger partial charge >= 0.3 is 11.7 Å². The fraction of sp³-hybridized carbons (Fsp3) is 0.677. The maximum atomic E-state index is 11.7. The number of benzene rings is 1. The number of ether oxygens (including phenoxy) is 2. The average molecular weight is 563 g/mol. The normalized spacial score (nSPS) is 11.3. The quantitative estimate of drug-likeness (QED) is 0.0382. The molecule has 0 aliphatic heterocycles. The number of hydrogen-bond donors (Lipinski definition) is 1.